The lowest BCUT2D eigenvalue weighted by molar-refractivity contribution is -0.279. The van der Waals surface area contributed by atoms with E-state index in [1.54, 1.807) is 13.8 Å². The summed E-state index contributed by atoms with van der Waals surface area (Å²) < 4.78 is 15.5. The molecule has 19 N–H and O–H groups in total. The second-order valence-electron chi connectivity index (χ2n) is 14.5. The van der Waals surface area contributed by atoms with Crippen LogP contribution in [0.5, 0.6) is 0 Å². The third-order valence-electron chi connectivity index (χ3n) is 8.91. The van der Waals surface area contributed by atoms with E-state index in [0.717, 1.165) is 13.3 Å². The zero-order valence-electron chi connectivity index (χ0n) is 34.9. The molecule has 2 aliphatic rings. The van der Waals surface area contributed by atoms with E-state index in [0.29, 0.717) is 17.7 Å². The number of likely N-dealkylation sites (tertiary alicyclic amines) is 1. The van der Waals surface area contributed by atoms with Crippen LogP contribution in [0.4, 0.5) is 0 Å². The SMILES string of the molecule is CC(=O)N[C@@H](C=O)[C@@H](OC(=O)CC[C@@H](N)C(N)=O)[C@H](O)[C@H](O)CO.CC(C)O[C@H]1[C@H](O)[C@@H](CO)O[C@H](O)[C@@H]1NOC(=O)[C@H](C)N.NC[C@](N)(C(=O)O)N1C(=O)CCCCCC1=O. The van der Waals surface area contributed by atoms with E-state index in [1.165, 1.54) is 6.92 Å². The molecule has 0 spiro atoms. The van der Waals surface area contributed by atoms with Crippen LogP contribution < -0.4 is 39.5 Å². The number of aliphatic hydroxyl groups excluding tert-OH is 6. The van der Waals surface area contributed by atoms with Gasteiger partial charge in [-0.2, -0.15) is 0 Å². The highest BCUT2D eigenvalue weighted by atomic mass is 16.7. The number of ether oxygens (including phenoxy) is 3. The van der Waals surface area contributed by atoms with Gasteiger partial charge < -0.3 is 87.8 Å². The van der Waals surface area contributed by atoms with Crippen molar-refractivity contribution in [3.05, 3.63) is 0 Å². The van der Waals surface area contributed by atoms with E-state index >= 15 is 0 Å². The molecule has 2 rings (SSSR count). The Morgan fingerprint density at radius 2 is 1.58 bits per heavy atom. The lowest BCUT2D eigenvalue weighted by Crippen LogP contribution is -2.69. The second-order valence-corrected chi connectivity index (χ2v) is 14.5. The Morgan fingerprint density at radius 3 is 2.00 bits per heavy atom. The van der Waals surface area contributed by atoms with Crippen molar-refractivity contribution in [3.63, 3.8) is 0 Å². The number of aliphatic hydroxyl groups is 6. The number of nitrogens with two attached hydrogens (primary N) is 5. The Bertz CT molecular complexity index is 1460. The van der Waals surface area contributed by atoms with Gasteiger partial charge in [-0.05, 0) is 40.0 Å². The zero-order valence-corrected chi connectivity index (χ0v) is 34.9. The number of nitrogens with one attached hydrogen (secondary N) is 2. The third-order valence-corrected chi connectivity index (χ3v) is 8.91. The summed E-state index contributed by atoms with van der Waals surface area (Å²) in [6, 6.07) is -4.40. The molecule has 2 fully saturated rings. The summed E-state index contributed by atoms with van der Waals surface area (Å²) >= 11 is 0. The Labute approximate surface area is 356 Å². The van der Waals surface area contributed by atoms with Crippen molar-refractivity contribution < 1.29 is 93.2 Å². The molecule has 27 nitrogen and oxygen atoms in total. The molecule has 0 aromatic carbocycles. The fourth-order valence-electron chi connectivity index (χ4n) is 5.45. The van der Waals surface area contributed by atoms with Gasteiger partial charge in [0.15, 0.2) is 12.4 Å². The second kappa shape index (κ2) is 28.4. The fourth-order valence-corrected chi connectivity index (χ4v) is 5.45. The number of nitrogens with zero attached hydrogens (tertiary/aromatic N) is 1. The van der Waals surface area contributed by atoms with Gasteiger partial charge in [-0.25, -0.2) is 9.59 Å². The fraction of sp³-hybridized carbons (Fsp3) is 0.771. The van der Waals surface area contributed by atoms with E-state index in [-0.39, 0.29) is 38.1 Å². The molecule has 2 aliphatic heterocycles. The van der Waals surface area contributed by atoms with Gasteiger partial charge in [-0.3, -0.25) is 34.6 Å². The molecular weight excluding hydrogens is 836 g/mol. The van der Waals surface area contributed by atoms with Gasteiger partial charge in [0.2, 0.25) is 29.3 Å². The van der Waals surface area contributed by atoms with E-state index in [1.807, 2.05) is 0 Å². The monoisotopic (exact) mass is 900 g/mol. The maximum atomic E-state index is 11.8. The minimum absolute atomic E-state index is 0.123. The number of rotatable bonds is 20. The van der Waals surface area contributed by atoms with Crippen LogP contribution in [0.25, 0.3) is 0 Å². The molecule has 12 atom stereocenters. The first-order chi connectivity index (χ1) is 28.8. The number of imide groups is 1. The van der Waals surface area contributed by atoms with Crippen LogP contribution in [0.1, 0.15) is 72.6 Å². The summed E-state index contributed by atoms with van der Waals surface area (Å²) in [6.07, 6.45) is -8.03. The molecule has 4 amide bonds. The molecule has 0 saturated carbocycles. The number of amides is 4. The number of hydrogen-bond donors (Lipinski definition) is 14. The lowest BCUT2D eigenvalue weighted by Gasteiger charge is -2.42. The first kappa shape index (κ1) is 57.6. The van der Waals surface area contributed by atoms with Crippen LogP contribution in [-0.4, -0.2) is 187 Å². The highest BCUT2D eigenvalue weighted by molar-refractivity contribution is 6.01. The van der Waals surface area contributed by atoms with Gasteiger partial charge in [-0.15, -0.1) is 5.48 Å². The number of aldehydes is 1. The minimum Gasteiger partial charge on any atom is -0.478 e. The zero-order chi connectivity index (χ0) is 48.1. The number of primary amides is 1. The average Bonchev–Trinajstić information content (AvgIpc) is 3.20. The van der Waals surface area contributed by atoms with Crippen molar-refractivity contribution in [2.75, 3.05) is 19.8 Å². The van der Waals surface area contributed by atoms with Gasteiger partial charge in [0, 0.05) is 32.7 Å². The highest BCUT2D eigenvalue weighted by Gasteiger charge is 2.47. The number of carbonyl (C=O) groups is 8. The van der Waals surface area contributed by atoms with Gasteiger partial charge in [0.1, 0.15) is 54.9 Å². The van der Waals surface area contributed by atoms with Crippen molar-refractivity contribution >= 4 is 47.8 Å². The van der Waals surface area contributed by atoms with Crippen molar-refractivity contribution in [1.82, 2.24) is 15.7 Å². The molecule has 0 aromatic rings. The van der Waals surface area contributed by atoms with Crippen molar-refractivity contribution in [2.24, 2.45) is 28.7 Å². The van der Waals surface area contributed by atoms with Crippen LogP contribution in [0.15, 0.2) is 0 Å². The maximum Gasteiger partial charge on any atom is 0.346 e. The van der Waals surface area contributed by atoms with Crippen molar-refractivity contribution in [3.8, 4) is 0 Å². The molecule has 358 valence electrons. The molecule has 0 aromatic heterocycles. The van der Waals surface area contributed by atoms with Crippen LogP contribution in [0, 0.1) is 0 Å². The quantitative estimate of drug-likeness (QED) is 0.0234. The summed E-state index contributed by atoms with van der Waals surface area (Å²) in [6.45, 7) is 4.17. The number of hydrogen-bond acceptors (Lipinski definition) is 23. The summed E-state index contributed by atoms with van der Waals surface area (Å²) in [7, 11) is 0. The Kier molecular flexibility index (Phi) is 26.4. The highest BCUT2D eigenvalue weighted by Crippen LogP contribution is 2.24. The van der Waals surface area contributed by atoms with E-state index < -0.39 is 134 Å². The van der Waals surface area contributed by atoms with Crippen molar-refractivity contribution in [1.29, 1.82) is 0 Å². The van der Waals surface area contributed by atoms with Crippen LogP contribution in [0.3, 0.4) is 0 Å². The number of esters is 1. The molecule has 2 saturated heterocycles. The number of carboxylic acids is 1. The molecule has 62 heavy (non-hydrogen) atoms. The molecule has 2 heterocycles. The van der Waals surface area contributed by atoms with Gasteiger partial charge >= 0.3 is 17.9 Å². The van der Waals surface area contributed by atoms with E-state index in [9.17, 15) is 58.8 Å². The summed E-state index contributed by atoms with van der Waals surface area (Å²) in [5.74, 6) is -5.74. The standard InChI is InChI=1S/C13H23N3O8.C12H24N2O7.C10H17N3O4/c1-6(19)16-8(4-17)12(11(22)9(20)5-18)24-10(21)3-2-7(14)13(15)23;1-5(2)19-10-8(14-21-11(17)6(3)13)12(18)20-7(4-15)9(10)16;11-6-10(12,9(16)17)13-7(14)4-2-1-3-5-8(13)15/h4,7-9,11-12,18,20,22H,2-3,5,14H2,1H3,(H2,15,23)(H,16,19);5-10,12,14-16,18H,4,13H2,1-3H3;1-6,11-12H2,(H,16,17)/t7-,8+,9-,11-,12-;6-,7+,8+,9+,10+,12-;10-/m101/s1. The third kappa shape index (κ3) is 18.5. The summed E-state index contributed by atoms with van der Waals surface area (Å²) in [5, 5.41) is 68.6. The normalized spacial score (nSPS) is 24.3. The summed E-state index contributed by atoms with van der Waals surface area (Å²) in [4.78, 5) is 96.1. The molecule has 0 radical (unpaired) electrons. The first-order valence-corrected chi connectivity index (χ1v) is 19.4. The molecule has 0 unspecified atom stereocenters. The summed E-state index contributed by atoms with van der Waals surface area (Å²) in [5.41, 5.74) is 26.7. The number of carbonyl (C=O) groups excluding carboxylic acids is 7. The smallest absolute Gasteiger partial charge is 0.346 e. The predicted molar refractivity (Wildman–Crippen MR) is 208 cm³/mol. The van der Waals surface area contributed by atoms with Crippen LogP contribution in [-0.2, 0) is 57.4 Å². The largest absolute Gasteiger partial charge is 0.478 e. The van der Waals surface area contributed by atoms with Crippen molar-refractivity contribution in [2.45, 2.75) is 151 Å². The predicted octanol–water partition coefficient (Wildman–Crippen LogP) is -7.47. The number of hydroxylamine groups is 1. The number of carboxylic acid groups (broad SMARTS) is 1. The van der Waals surface area contributed by atoms with Gasteiger partial charge in [0.05, 0.1) is 25.4 Å². The first-order valence-electron chi connectivity index (χ1n) is 19.4. The maximum absolute atomic E-state index is 11.8. The van der Waals surface area contributed by atoms with E-state index in [4.69, 9.17) is 63.0 Å². The van der Waals surface area contributed by atoms with Gasteiger partial charge in [-0.1, -0.05) is 6.42 Å². The van der Waals surface area contributed by atoms with Crippen LogP contribution in [0.2, 0.25) is 0 Å². The Hall–Kier alpha value is -4.36. The molecule has 0 aliphatic carbocycles. The number of aliphatic carboxylic acids is 1. The molecule has 0 bridgehead atoms. The Morgan fingerprint density at radius 1 is 1.02 bits per heavy atom. The Balaban J connectivity index is 0.000000912. The lowest BCUT2D eigenvalue weighted by atomic mass is 9.97. The minimum atomic E-state index is -2.13. The van der Waals surface area contributed by atoms with E-state index in [2.05, 4.69) is 10.8 Å². The molecule has 27 heteroatoms. The molecular formula is C35H64N8O19. The van der Waals surface area contributed by atoms with Crippen LogP contribution >= 0.6 is 0 Å². The topological polar surface area (TPSA) is 472 Å². The average molecular weight is 901 g/mol. The van der Waals surface area contributed by atoms with Gasteiger partial charge in [0.25, 0.3) is 0 Å².